The number of para-hydroxylation sites is 2. The Morgan fingerprint density at radius 2 is 1.71 bits per heavy atom. The van der Waals surface area contributed by atoms with Crippen LogP contribution in [0.4, 0.5) is 11.4 Å². The van der Waals surface area contributed by atoms with E-state index in [1.54, 1.807) is 37.4 Å². The number of anilines is 2. The summed E-state index contributed by atoms with van der Waals surface area (Å²) in [6, 6.07) is 12.7. The number of nitrogens with zero attached hydrogens (tertiary/aromatic N) is 2. The molecule has 0 saturated carbocycles. The number of ketones is 1. The van der Waals surface area contributed by atoms with Crippen LogP contribution in [0.1, 0.15) is 17.3 Å². The molecular formula is C17H16N2O4S. The van der Waals surface area contributed by atoms with E-state index in [1.807, 2.05) is 0 Å². The van der Waals surface area contributed by atoms with Crippen molar-refractivity contribution < 1.29 is 18.0 Å². The summed E-state index contributed by atoms with van der Waals surface area (Å²) >= 11 is 0. The molecule has 1 amide bonds. The highest BCUT2D eigenvalue weighted by Crippen LogP contribution is 2.36. The summed E-state index contributed by atoms with van der Waals surface area (Å²) in [4.78, 5) is 25.1. The number of carbonyl (C=O) groups is 2. The molecule has 1 aliphatic heterocycles. The second-order valence-corrected chi connectivity index (χ2v) is 7.40. The van der Waals surface area contributed by atoms with Gasteiger partial charge in [0.1, 0.15) is 6.54 Å². The van der Waals surface area contributed by atoms with Gasteiger partial charge in [-0.15, -0.1) is 0 Å². The number of carbonyl (C=O) groups excluding carboxylic acids is 2. The minimum absolute atomic E-state index is 0.0117. The molecule has 0 bridgehead atoms. The topological polar surface area (TPSA) is 74.8 Å². The van der Waals surface area contributed by atoms with Crippen LogP contribution >= 0.6 is 0 Å². The van der Waals surface area contributed by atoms with Gasteiger partial charge in [-0.2, -0.15) is 0 Å². The molecule has 0 unspecified atom stereocenters. The molecule has 0 N–H and O–H groups in total. The molecule has 0 aliphatic carbocycles. The lowest BCUT2D eigenvalue weighted by Crippen LogP contribution is -2.46. The van der Waals surface area contributed by atoms with Gasteiger partial charge < -0.3 is 4.90 Å². The molecule has 0 atom stereocenters. The lowest BCUT2D eigenvalue weighted by molar-refractivity contribution is -0.117. The summed E-state index contributed by atoms with van der Waals surface area (Å²) in [5, 5.41) is 0. The Morgan fingerprint density at radius 1 is 1.04 bits per heavy atom. The van der Waals surface area contributed by atoms with Crippen LogP contribution < -0.4 is 9.21 Å². The molecule has 0 saturated heterocycles. The van der Waals surface area contributed by atoms with Crippen molar-refractivity contribution in [2.24, 2.45) is 0 Å². The first-order chi connectivity index (χ1) is 11.3. The number of fused-ring (bicyclic) bond motifs is 1. The Balaban J connectivity index is 2.14. The minimum atomic E-state index is -3.95. The van der Waals surface area contributed by atoms with Crippen molar-refractivity contribution in [1.29, 1.82) is 0 Å². The van der Waals surface area contributed by atoms with Gasteiger partial charge >= 0.3 is 0 Å². The van der Waals surface area contributed by atoms with Crippen LogP contribution in [0.3, 0.4) is 0 Å². The second kappa shape index (κ2) is 5.76. The monoisotopic (exact) mass is 344 g/mol. The molecule has 6 nitrogen and oxygen atoms in total. The molecule has 0 fully saturated rings. The van der Waals surface area contributed by atoms with Crippen molar-refractivity contribution in [2.75, 3.05) is 22.8 Å². The highest BCUT2D eigenvalue weighted by Gasteiger charge is 2.35. The van der Waals surface area contributed by atoms with Crippen molar-refractivity contribution in [3.8, 4) is 0 Å². The molecule has 1 aliphatic rings. The van der Waals surface area contributed by atoms with Gasteiger partial charge in [-0.1, -0.05) is 24.3 Å². The molecule has 24 heavy (non-hydrogen) atoms. The molecule has 2 aromatic carbocycles. The van der Waals surface area contributed by atoms with Crippen LogP contribution in [-0.4, -0.2) is 33.7 Å². The third-order valence-corrected chi connectivity index (χ3v) is 5.75. The second-order valence-electron chi connectivity index (χ2n) is 5.54. The van der Waals surface area contributed by atoms with Crippen molar-refractivity contribution >= 4 is 33.1 Å². The van der Waals surface area contributed by atoms with Crippen LogP contribution in [0.25, 0.3) is 0 Å². The average Bonchev–Trinajstić information content (AvgIpc) is 2.58. The first-order valence-corrected chi connectivity index (χ1v) is 8.75. The van der Waals surface area contributed by atoms with E-state index in [-0.39, 0.29) is 23.1 Å². The third-order valence-electron chi connectivity index (χ3n) is 3.99. The smallest absolute Gasteiger partial charge is 0.264 e. The fourth-order valence-corrected chi connectivity index (χ4v) is 4.10. The Morgan fingerprint density at radius 3 is 2.38 bits per heavy atom. The summed E-state index contributed by atoms with van der Waals surface area (Å²) in [7, 11) is -2.34. The molecule has 3 rings (SSSR count). The van der Waals surface area contributed by atoms with Crippen LogP contribution in [0, 0.1) is 0 Å². The number of likely N-dealkylation sites (N-methyl/N-ethyl adjacent to an activating group) is 1. The number of benzene rings is 2. The summed E-state index contributed by atoms with van der Waals surface area (Å²) < 4.78 is 27.1. The summed E-state index contributed by atoms with van der Waals surface area (Å²) in [5.41, 5.74) is 1.28. The highest BCUT2D eigenvalue weighted by molar-refractivity contribution is 7.92. The lowest BCUT2D eigenvalue weighted by atomic mass is 10.2. The van der Waals surface area contributed by atoms with Crippen molar-refractivity contribution in [2.45, 2.75) is 11.8 Å². The molecule has 0 spiro atoms. The average molecular weight is 344 g/mol. The summed E-state index contributed by atoms with van der Waals surface area (Å²) in [6.45, 7) is 1.10. The van der Waals surface area contributed by atoms with E-state index >= 15 is 0 Å². The van der Waals surface area contributed by atoms with Gasteiger partial charge in [0.2, 0.25) is 5.91 Å². The van der Waals surface area contributed by atoms with Gasteiger partial charge in [0.05, 0.1) is 16.3 Å². The van der Waals surface area contributed by atoms with Gasteiger partial charge in [-0.25, -0.2) is 8.42 Å². The zero-order valence-corrected chi connectivity index (χ0v) is 14.1. The van der Waals surface area contributed by atoms with Crippen LogP contribution in [0.2, 0.25) is 0 Å². The zero-order chi connectivity index (χ0) is 17.5. The maximum Gasteiger partial charge on any atom is 0.264 e. The first-order valence-electron chi connectivity index (χ1n) is 7.31. The summed E-state index contributed by atoms with van der Waals surface area (Å²) in [5.74, 6) is -0.540. The highest BCUT2D eigenvalue weighted by atomic mass is 32.2. The number of hydrogen-bond acceptors (Lipinski definition) is 4. The Labute approximate surface area is 140 Å². The van der Waals surface area contributed by atoms with Gasteiger partial charge in [0.15, 0.2) is 5.78 Å². The molecule has 0 aromatic heterocycles. The van der Waals surface area contributed by atoms with E-state index in [4.69, 9.17) is 0 Å². The van der Waals surface area contributed by atoms with Crippen LogP contribution in [0.5, 0.6) is 0 Å². The maximum absolute atomic E-state index is 13.0. The first kappa shape index (κ1) is 16.2. The van der Waals surface area contributed by atoms with Crippen LogP contribution in [-0.2, 0) is 14.8 Å². The predicted octanol–water partition coefficient (Wildman–Crippen LogP) is 2.06. The number of amides is 1. The standard InChI is InChI=1S/C17H16N2O4S/c1-12(20)13-6-5-7-14(10-13)24(22,23)19-11-17(21)18(2)15-8-3-4-9-16(15)19/h3-10H,11H2,1-2H3. The van der Waals surface area contributed by atoms with Gasteiger partial charge in [0, 0.05) is 12.6 Å². The Kier molecular flexibility index (Phi) is 3.88. The number of sulfonamides is 1. The Bertz CT molecular complexity index is 937. The van der Waals surface area contributed by atoms with E-state index in [2.05, 4.69) is 0 Å². The van der Waals surface area contributed by atoms with Gasteiger partial charge in [-0.05, 0) is 31.2 Å². The fraction of sp³-hybridized carbons (Fsp3) is 0.176. The molecule has 1 heterocycles. The molecule has 0 radical (unpaired) electrons. The Hall–Kier alpha value is -2.67. The molecule has 7 heteroatoms. The van der Waals surface area contributed by atoms with E-state index < -0.39 is 10.0 Å². The van der Waals surface area contributed by atoms with Crippen molar-refractivity contribution in [3.05, 3.63) is 54.1 Å². The maximum atomic E-state index is 13.0. The van der Waals surface area contributed by atoms with E-state index in [1.165, 1.54) is 30.0 Å². The van der Waals surface area contributed by atoms with Crippen molar-refractivity contribution in [3.63, 3.8) is 0 Å². The van der Waals surface area contributed by atoms with E-state index in [0.717, 1.165) is 4.31 Å². The molecule has 124 valence electrons. The number of rotatable bonds is 3. The zero-order valence-electron chi connectivity index (χ0n) is 13.3. The van der Waals surface area contributed by atoms with Gasteiger partial charge in [-0.3, -0.25) is 13.9 Å². The van der Waals surface area contributed by atoms with E-state index in [9.17, 15) is 18.0 Å². The largest absolute Gasteiger partial charge is 0.312 e. The van der Waals surface area contributed by atoms with Crippen LogP contribution in [0.15, 0.2) is 53.4 Å². The fourth-order valence-electron chi connectivity index (χ4n) is 2.62. The van der Waals surface area contributed by atoms with Gasteiger partial charge in [0.25, 0.3) is 10.0 Å². The lowest BCUT2D eigenvalue weighted by Gasteiger charge is -2.34. The quantitative estimate of drug-likeness (QED) is 0.799. The number of Topliss-reactive ketones (excluding diaryl/α,β-unsaturated/α-hetero) is 1. The minimum Gasteiger partial charge on any atom is -0.312 e. The normalized spacial score (nSPS) is 14.5. The predicted molar refractivity (Wildman–Crippen MR) is 90.8 cm³/mol. The molecular weight excluding hydrogens is 328 g/mol. The van der Waals surface area contributed by atoms with E-state index in [0.29, 0.717) is 16.9 Å². The van der Waals surface area contributed by atoms with Crippen molar-refractivity contribution in [1.82, 2.24) is 0 Å². The summed E-state index contributed by atoms with van der Waals surface area (Å²) in [6.07, 6.45) is 0. The third kappa shape index (κ3) is 2.56. The number of hydrogen-bond donors (Lipinski definition) is 0. The molecule has 2 aromatic rings. The SMILES string of the molecule is CC(=O)c1cccc(S(=O)(=O)N2CC(=O)N(C)c3ccccc32)c1.